The lowest BCUT2D eigenvalue weighted by molar-refractivity contribution is -0.138. The Morgan fingerprint density at radius 3 is 2.41 bits per heavy atom. The highest BCUT2D eigenvalue weighted by Gasteiger charge is 2.24. The largest absolute Gasteiger partial charge is 0.480 e. The first-order valence-electron chi connectivity index (χ1n) is 9.52. The minimum atomic E-state index is -0.619. The maximum absolute atomic E-state index is 12.6. The van der Waals surface area contributed by atoms with E-state index in [1.54, 1.807) is 31.2 Å². The molecule has 0 radical (unpaired) electrons. The Balaban J connectivity index is 1.64. The summed E-state index contributed by atoms with van der Waals surface area (Å²) < 4.78 is 5.88. The van der Waals surface area contributed by atoms with Crippen LogP contribution in [0.4, 0.5) is 0 Å². The van der Waals surface area contributed by atoms with Gasteiger partial charge in [-0.2, -0.15) is 0 Å². The van der Waals surface area contributed by atoms with Gasteiger partial charge in [-0.3, -0.25) is 9.59 Å². The molecule has 1 heterocycles. The second-order valence-corrected chi connectivity index (χ2v) is 6.81. The first-order valence-corrected chi connectivity index (χ1v) is 9.52. The Bertz CT molecular complexity index is 770. The van der Waals surface area contributed by atoms with E-state index < -0.39 is 6.10 Å². The fourth-order valence-electron chi connectivity index (χ4n) is 3.24. The lowest BCUT2D eigenvalue weighted by Crippen LogP contribution is -2.43. The van der Waals surface area contributed by atoms with Gasteiger partial charge in [0.1, 0.15) is 5.75 Å². The zero-order valence-electron chi connectivity index (χ0n) is 15.7. The third kappa shape index (κ3) is 5.09. The van der Waals surface area contributed by atoms with Crippen LogP contribution in [-0.2, 0) is 11.3 Å². The van der Waals surface area contributed by atoms with E-state index in [0.717, 1.165) is 31.5 Å². The van der Waals surface area contributed by atoms with Crippen LogP contribution in [-0.4, -0.2) is 35.9 Å². The van der Waals surface area contributed by atoms with Crippen molar-refractivity contribution in [3.63, 3.8) is 0 Å². The van der Waals surface area contributed by atoms with Gasteiger partial charge in [0.15, 0.2) is 6.10 Å². The van der Waals surface area contributed by atoms with Gasteiger partial charge in [-0.15, -0.1) is 0 Å². The molecule has 27 heavy (non-hydrogen) atoms. The van der Waals surface area contributed by atoms with E-state index in [2.05, 4.69) is 5.32 Å². The molecule has 142 valence electrons. The fourth-order valence-corrected chi connectivity index (χ4v) is 3.24. The van der Waals surface area contributed by atoms with Crippen LogP contribution >= 0.6 is 0 Å². The molecule has 0 spiro atoms. The van der Waals surface area contributed by atoms with Crippen molar-refractivity contribution in [2.75, 3.05) is 13.1 Å². The maximum Gasteiger partial charge on any atom is 0.263 e. The summed E-state index contributed by atoms with van der Waals surface area (Å²) in [4.78, 5) is 27.1. The van der Waals surface area contributed by atoms with Crippen molar-refractivity contribution in [1.82, 2.24) is 10.2 Å². The van der Waals surface area contributed by atoms with Crippen LogP contribution in [0.15, 0.2) is 54.6 Å². The SMILES string of the molecule is C[C@H](Oc1ccccc1C(=O)NCc1ccccc1)C(=O)N1CCCCC1. The molecule has 1 atom stereocenters. The summed E-state index contributed by atoms with van der Waals surface area (Å²) >= 11 is 0. The zero-order valence-corrected chi connectivity index (χ0v) is 15.7. The van der Waals surface area contributed by atoms with Crippen LogP contribution in [0.3, 0.4) is 0 Å². The van der Waals surface area contributed by atoms with Gasteiger partial charge in [-0.05, 0) is 43.9 Å². The predicted molar refractivity (Wildman–Crippen MR) is 105 cm³/mol. The summed E-state index contributed by atoms with van der Waals surface area (Å²) in [5, 5.41) is 2.91. The summed E-state index contributed by atoms with van der Waals surface area (Å²) in [6, 6.07) is 16.8. The quantitative estimate of drug-likeness (QED) is 0.852. The number of carbonyl (C=O) groups excluding carboxylic acids is 2. The van der Waals surface area contributed by atoms with Crippen molar-refractivity contribution in [2.45, 2.75) is 38.8 Å². The molecule has 1 N–H and O–H groups in total. The minimum absolute atomic E-state index is 0.0193. The topological polar surface area (TPSA) is 58.6 Å². The predicted octanol–water partition coefficient (Wildman–Crippen LogP) is 3.40. The molecule has 2 amide bonds. The molecule has 0 aromatic heterocycles. The average molecular weight is 366 g/mol. The van der Waals surface area contributed by atoms with E-state index in [9.17, 15) is 9.59 Å². The molecule has 5 heteroatoms. The summed E-state index contributed by atoms with van der Waals surface area (Å²) in [5.74, 6) is 0.196. The molecule has 2 aromatic rings. The Kier molecular flexibility index (Phi) is 6.47. The Morgan fingerprint density at radius 2 is 1.67 bits per heavy atom. The van der Waals surface area contributed by atoms with Crippen LogP contribution in [0, 0.1) is 0 Å². The summed E-state index contributed by atoms with van der Waals surface area (Å²) in [7, 11) is 0. The number of hydrogen-bond donors (Lipinski definition) is 1. The number of piperidine rings is 1. The molecule has 0 aliphatic carbocycles. The van der Waals surface area contributed by atoms with Crippen molar-refractivity contribution in [3.05, 3.63) is 65.7 Å². The monoisotopic (exact) mass is 366 g/mol. The molecule has 2 aromatic carbocycles. The Morgan fingerprint density at radius 1 is 1.00 bits per heavy atom. The van der Waals surface area contributed by atoms with Crippen LogP contribution in [0.2, 0.25) is 0 Å². The van der Waals surface area contributed by atoms with Gasteiger partial charge in [0.25, 0.3) is 11.8 Å². The van der Waals surface area contributed by atoms with E-state index >= 15 is 0 Å². The van der Waals surface area contributed by atoms with Crippen molar-refractivity contribution >= 4 is 11.8 Å². The highest BCUT2D eigenvalue weighted by Crippen LogP contribution is 2.21. The molecule has 1 fully saturated rings. The number of benzene rings is 2. The molecular formula is C22H26N2O3. The number of nitrogens with zero attached hydrogens (tertiary/aromatic N) is 1. The van der Waals surface area contributed by atoms with Crippen LogP contribution in [0.25, 0.3) is 0 Å². The molecule has 1 aliphatic heterocycles. The van der Waals surface area contributed by atoms with E-state index in [0.29, 0.717) is 17.9 Å². The normalized spacial score (nSPS) is 15.1. The van der Waals surface area contributed by atoms with Gasteiger partial charge >= 0.3 is 0 Å². The van der Waals surface area contributed by atoms with Gasteiger partial charge in [-0.25, -0.2) is 0 Å². The molecule has 0 bridgehead atoms. The lowest BCUT2D eigenvalue weighted by Gasteiger charge is -2.29. The van der Waals surface area contributed by atoms with Crippen LogP contribution in [0.1, 0.15) is 42.1 Å². The smallest absolute Gasteiger partial charge is 0.263 e. The standard InChI is InChI=1S/C22H26N2O3/c1-17(22(26)24-14-8-3-9-15-24)27-20-13-7-6-12-19(20)21(25)23-16-18-10-4-2-5-11-18/h2,4-7,10-13,17H,3,8-9,14-16H2,1H3,(H,23,25)/t17-/m0/s1. The number of carbonyl (C=O) groups is 2. The number of ether oxygens (including phenoxy) is 1. The van der Waals surface area contributed by atoms with E-state index in [1.807, 2.05) is 35.2 Å². The number of likely N-dealkylation sites (tertiary alicyclic amines) is 1. The van der Waals surface area contributed by atoms with Gasteiger partial charge in [-0.1, -0.05) is 42.5 Å². The maximum atomic E-state index is 12.6. The van der Waals surface area contributed by atoms with Gasteiger partial charge in [0.2, 0.25) is 0 Å². The van der Waals surface area contributed by atoms with Crippen molar-refractivity contribution in [1.29, 1.82) is 0 Å². The minimum Gasteiger partial charge on any atom is -0.480 e. The van der Waals surface area contributed by atoms with Gasteiger partial charge in [0.05, 0.1) is 5.56 Å². The van der Waals surface area contributed by atoms with Crippen LogP contribution in [0.5, 0.6) is 5.75 Å². The lowest BCUT2D eigenvalue weighted by atomic mass is 10.1. The van der Waals surface area contributed by atoms with E-state index in [1.165, 1.54) is 6.42 Å². The van der Waals surface area contributed by atoms with E-state index in [4.69, 9.17) is 4.74 Å². The summed E-state index contributed by atoms with van der Waals surface area (Å²) in [6.07, 6.45) is 2.63. The van der Waals surface area contributed by atoms with E-state index in [-0.39, 0.29) is 11.8 Å². The Labute approximate surface area is 160 Å². The van der Waals surface area contributed by atoms with Gasteiger partial charge in [0, 0.05) is 19.6 Å². The van der Waals surface area contributed by atoms with Crippen molar-refractivity contribution < 1.29 is 14.3 Å². The second-order valence-electron chi connectivity index (χ2n) is 6.81. The van der Waals surface area contributed by atoms with Crippen LogP contribution < -0.4 is 10.1 Å². The van der Waals surface area contributed by atoms with Crippen molar-refractivity contribution in [3.8, 4) is 5.75 Å². The number of hydrogen-bond acceptors (Lipinski definition) is 3. The molecule has 3 rings (SSSR count). The third-order valence-corrected chi connectivity index (χ3v) is 4.75. The average Bonchev–Trinajstić information content (AvgIpc) is 2.73. The third-order valence-electron chi connectivity index (χ3n) is 4.75. The summed E-state index contributed by atoms with van der Waals surface area (Å²) in [6.45, 7) is 3.75. The molecule has 0 unspecified atom stereocenters. The first-order chi connectivity index (χ1) is 13.1. The molecular weight excluding hydrogens is 340 g/mol. The molecule has 1 aliphatic rings. The Hall–Kier alpha value is -2.82. The zero-order chi connectivity index (χ0) is 19.1. The molecule has 5 nitrogen and oxygen atoms in total. The second kappa shape index (κ2) is 9.21. The van der Waals surface area contributed by atoms with Crippen molar-refractivity contribution in [2.24, 2.45) is 0 Å². The number of amides is 2. The highest BCUT2D eigenvalue weighted by molar-refractivity contribution is 5.97. The highest BCUT2D eigenvalue weighted by atomic mass is 16.5. The number of rotatable bonds is 6. The molecule has 0 saturated carbocycles. The first kappa shape index (κ1) is 19.0. The summed E-state index contributed by atoms with van der Waals surface area (Å²) in [5.41, 5.74) is 1.46. The molecule has 1 saturated heterocycles. The number of nitrogens with one attached hydrogen (secondary N) is 1. The van der Waals surface area contributed by atoms with Gasteiger partial charge < -0.3 is 15.0 Å². The fraction of sp³-hybridized carbons (Fsp3) is 0.364. The number of para-hydroxylation sites is 1.